The Labute approximate surface area is 189 Å². The van der Waals surface area contributed by atoms with Gasteiger partial charge < -0.3 is 19.3 Å². The van der Waals surface area contributed by atoms with Crippen LogP contribution in [0.3, 0.4) is 0 Å². The number of ketones is 1. The second kappa shape index (κ2) is 13.3. The molecular formula is C26H42N2O3. The smallest absolute Gasteiger partial charge is 0.202 e. The molecule has 5 nitrogen and oxygen atoms in total. The number of allylic oxidation sites excluding steroid dienone is 1. The first-order chi connectivity index (χ1) is 15.0. The molecule has 0 bridgehead atoms. The lowest BCUT2D eigenvalue weighted by Crippen LogP contribution is -2.36. The first-order valence-electron chi connectivity index (χ1n) is 12.1. The minimum Gasteiger partial charge on any atom is -0.494 e. The maximum atomic E-state index is 12.6. The Morgan fingerprint density at radius 1 is 1.03 bits per heavy atom. The van der Waals surface area contributed by atoms with Gasteiger partial charge in [-0.05, 0) is 50.8 Å². The van der Waals surface area contributed by atoms with Crippen LogP contribution in [0.25, 0.3) is 0 Å². The number of hydrogen-bond acceptors (Lipinski definition) is 5. The quantitative estimate of drug-likeness (QED) is 0.301. The molecule has 2 rings (SSSR count). The fourth-order valence-corrected chi connectivity index (χ4v) is 4.25. The Hall–Kier alpha value is -2.17. The minimum absolute atomic E-state index is 0.0101. The predicted molar refractivity (Wildman–Crippen MR) is 127 cm³/mol. The maximum absolute atomic E-state index is 12.6. The highest BCUT2D eigenvalue weighted by Gasteiger charge is 2.23. The predicted octanol–water partition coefficient (Wildman–Crippen LogP) is 5.60. The lowest BCUT2D eigenvalue weighted by molar-refractivity contribution is -0.117. The van der Waals surface area contributed by atoms with Crippen LogP contribution < -0.4 is 4.74 Å². The lowest BCUT2D eigenvalue weighted by atomic mass is 9.87. The second-order valence-corrected chi connectivity index (χ2v) is 8.46. The number of Topliss-reactive ketones (excluding diaryl/α,β-unsaturated/α-hetero) is 1. The molecule has 31 heavy (non-hydrogen) atoms. The molecule has 1 aliphatic carbocycles. The molecule has 5 heteroatoms. The minimum atomic E-state index is -0.0101. The lowest BCUT2D eigenvalue weighted by Gasteiger charge is -2.34. The van der Waals surface area contributed by atoms with Crippen LogP contribution in [0, 0.1) is 5.92 Å². The van der Waals surface area contributed by atoms with E-state index in [0.29, 0.717) is 25.5 Å². The van der Waals surface area contributed by atoms with Gasteiger partial charge in [0.15, 0.2) is 11.6 Å². The zero-order chi connectivity index (χ0) is 22.6. The van der Waals surface area contributed by atoms with Crippen molar-refractivity contribution in [3.05, 3.63) is 41.4 Å². The summed E-state index contributed by atoms with van der Waals surface area (Å²) in [5.74, 6) is 2.98. The SMILES string of the molecule is CCOc1ccc(CN(CC)/C(=C(\OCCC2CCCCC2)C(C)=O)N(C)CC)cc1. The summed E-state index contributed by atoms with van der Waals surface area (Å²) in [6.07, 6.45) is 7.64. The van der Waals surface area contributed by atoms with Gasteiger partial charge in [0.2, 0.25) is 5.76 Å². The third-order valence-electron chi connectivity index (χ3n) is 6.15. The molecule has 0 saturated heterocycles. The number of rotatable bonds is 13. The average molecular weight is 431 g/mol. The molecule has 1 aromatic carbocycles. The molecule has 0 aromatic heterocycles. The van der Waals surface area contributed by atoms with E-state index < -0.39 is 0 Å². The molecule has 1 saturated carbocycles. The molecule has 0 spiro atoms. The van der Waals surface area contributed by atoms with Gasteiger partial charge in [0.25, 0.3) is 0 Å². The first-order valence-corrected chi connectivity index (χ1v) is 12.1. The van der Waals surface area contributed by atoms with E-state index in [4.69, 9.17) is 9.47 Å². The van der Waals surface area contributed by atoms with Crippen LogP contribution in [0.5, 0.6) is 5.75 Å². The summed E-state index contributed by atoms with van der Waals surface area (Å²) >= 11 is 0. The third-order valence-corrected chi connectivity index (χ3v) is 6.15. The summed E-state index contributed by atoms with van der Waals surface area (Å²) in [6.45, 7) is 11.4. The Kier molecular flexibility index (Phi) is 10.8. The maximum Gasteiger partial charge on any atom is 0.202 e. The van der Waals surface area contributed by atoms with Crippen molar-refractivity contribution in [3.63, 3.8) is 0 Å². The standard InChI is InChI=1S/C26H42N2O3/c1-6-27(5)26(25(21(4)29)31-19-18-22-12-10-9-11-13-22)28(7-2)20-23-14-16-24(17-15-23)30-8-3/h14-17,22H,6-13,18-20H2,1-5H3/b26-25-. The Morgan fingerprint density at radius 2 is 1.71 bits per heavy atom. The van der Waals surface area contributed by atoms with E-state index in [1.807, 2.05) is 26.1 Å². The highest BCUT2D eigenvalue weighted by Crippen LogP contribution is 2.27. The van der Waals surface area contributed by atoms with Gasteiger partial charge in [-0.1, -0.05) is 44.2 Å². The van der Waals surface area contributed by atoms with Crippen LogP contribution in [-0.4, -0.2) is 48.9 Å². The second-order valence-electron chi connectivity index (χ2n) is 8.46. The molecule has 174 valence electrons. The van der Waals surface area contributed by atoms with Gasteiger partial charge in [0.1, 0.15) is 5.75 Å². The van der Waals surface area contributed by atoms with E-state index in [2.05, 4.69) is 35.8 Å². The van der Waals surface area contributed by atoms with Gasteiger partial charge in [-0.15, -0.1) is 0 Å². The molecule has 0 amide bonds. The molecule has 1 aromatic rings. The van der Waals surface area contributed by atoms with Crippen LogP contribution in [0.2, 0.25) is 0 Å². The van der Waals surface area contributed by atoms with Gasteiger partial charge in [-0.25, -0.2) is 0 Å². The molecule has 0 atom stereocenters. The van der Waals surface area contributed by atoms with Gasteiger partial charge in [0, 0.05) is 33.6 Å². The topological polar surface area (TPSA) is 42.0 Å². The summed E-state index contributed by atoms with van der Waals surface area (Å²) in [6, 6.07) is 8.20. The highest BCUT2D eigenvalue weighted by molar-refractivity contribution is 5.91. The molecular weight excluding hydrogens is 388 g/mol. The van der Waals surface area contributed by atoms with Crippen molar-refractivity contribution < 1.29 is 14.3 Å². The Morgan fingerprint density at radius 3 is 2.26 bits per heavy atom. The van der Waals surface area contributed by atoms with Crippen molar-refractivity contribution in [2.75, 3.05) is 33.4 Å². The van der Waals surface area contributed by atoms with Crippen LogP contribution in [0.4, 0.5) is 0 Å². The van der Waals surface area contributed by atoms with Crippen molar-refractivity contribution >= 4 is 5.78 Å². The van der Waals surface area contributed by atoms with Crippen molar-refractivity contribution in [2.45, 2.75) is 72.8 Å². The zero-order valence-corrected chi connectivity index (χ0v) is 20.3. The number of nitrogens with zero attached hydrogens (tertiary/aromatic N) is 2. The van der Waals surface area contributed by atoms with Crippen LogP contribution in [-0.2, 0) is 16.1 Å². The molecule has 0 N–H and O–H groups in total. The largest absolute Gasteiger partial charge is 0.494 e. The normalized spacial score (nSPS) is 15.3. The zero-order valence-electron chi connectivity index (χ0n) is 20.3. The Balaban J connectivity index is 2.19. The number of ether oxygens (including phenoxy) is 2. The Bertz CT molecular complexity index is 693. The van der Waals surface area contributed by atoms with Crippen molar-refractivity contribution in [3.8, 4) is 5.75 Å². The van der Waals surface area contributed by atoms with E-state index in [1.54, 1.807) is 6.92 Å². The summed E-state index contributed by atoms with van der Waals surface area (Å²) < 4.78 is 11.8. The molecule has 0 heterocycles. The average Bonchev–Trinajstić information content (AvgIpc) is 2.79. The van der Waals surface area contributed by atoms with Gasteiger partial charge in [-0.2, -0.15) is 0 Å². The fraction of sp³-hybridized carbons (Fsp3) is 0.654. The van der Waals surface area contributed by atoms with E-state index in [9.17, 15) is 4.79 Å². The van der Waals surface area contributed by atoms with Crippen LogP contribution in [0.15, 0.2) is 35.8 Å². The molecule has 1 aliphatic rings. The van der Waals surface area contributed by atoms with E-state index in [1.165, 1.54) is 37.7 Å². The number of hydrogen-bond donors (Lipinski definition) is 0. The number of benzene rings is 1. The number of carbonyl (C=O) groups is 1. The van der Waals surface area contributed by atoms with E-state index >= 15 is 0 Å². The van der Waals surface area contributed by atoms with Gasteiger partial charge in [0.05, 0.1) is 13.2 Å². The fourth-order valence-electron chi connectivity index (χ4n) is 4.25. The first kappa shape index (κ1) is 25.1. The molecule has 1 fully saturated rings. The summed E-state index contributed by atoms with van der Waals surface area (Å²) in [7, 11) is 2.03. The molecule has 0 radical (unpaired) electrons. The van der Waals surface area contributed by atoms with Crippen LogP contribution >= 0.6 is 0 Å². The van der Waals surface area contributed by atoms with E-state index in [-0.39, 0.29) is 5.78 Å². The van der Waals surface area contributed by atoms with E-state index in [0.717, 1.165) is 37.0 Å². The third kappa shape index (κ3) is 7.79. The summed E-state index contributed by atoms with van der Waals surface area (Å²) in [5, 5.41) is 0. The van der Waals surface area contributed by atoms with Crippen molar-refractivity contribution in [1.82, 2.24) is 9.80 Å². The van der Waals surface area contributed by atoms with Gasteiger partial charge in [-0.3, -0.25) is 4.79 Å². The highest BCUT2D eigenvalue weighted by atomic mass is 16.5. The van der Waals surface area contributed by atoms with Crippen molar-refractivity contribution in [1.29, 1.82) is 0 Å². The van der Waals surface area contributed by atoms with Crippen LogP contribution in [0.1, 0.15) is 71.8 Å². The van der Waals surface area contributed by atoms with Gasteiger partial charge >= 0.3 is 0 Å². The summed E-state index contributed by atoms with van der Waals surface area (Å²) in [5.41, 5.74) is 1.18. The molecule has 0 unspecified atom stereocenters. The monoisotopic (exact) mass is 430 g/mol. The summed E-state index contributed by atoms with van der Waals surface area (Å²) in [4.78, 5) is 17.0. The van der Waals surface area contributed by atoms with Crippen molar-refractivity contribution in [2.24, 2.45) is 5.92 Å². The molecule has 0 aliphatic heterocycles. The number of carbonyl (C=O) groups excluding carboxylic acids is 1.